The number of rotatable bonds is 4. The van der Waals surface area contributed by atoms with Crippen molar-refractivity contribution in [2.75, 3.05) is 0 Å². The monoisotopic (exact) mass is 514 g/mol. The van der Waals surface area contributed by atoms with Gasteiger partial charge in [-0.25, -0.2) is 0 Å². The van der Waals surface area contributed by atoms with Crippen LogP contribution < -0.4 is 0 Å². The summed E-state index contributed by atoms with van der Waals surface area (Å²) in [6.07, 6.45) is 5.85. The predicted octanol–water partition coefficient (Wildman–Crippen LogP) is 3.62. The molecule has 0 heterocycles. The average Bonchev–Trinajstić information content (AvgIpc) is 2.96. The average molecular weight is 515 g/mol. The molecule has 0 radical (unpaired) electrons. The molecular formula is C30H42O7. The summed E-state index contributed by atoms with van der Waals surface area (Å²) in [6, 6.07) is 0. The molecule has 2 unspecified atom stereocenters. The molecule has 0 aromatic heterocycles. The number of aliphatic hydroxyl groups excluding tert-OH is 2. The van der Waals surface area contributed by atoms with Crippen molar-refractivity contribution in [3.05, 3.63) is 35.6 Å². The van der Waals surface area contributed by atoms with Gasteiger partial charge in [-0.1, -0.05) is 38.5 Å². The molecule has 2 saturated carbocycles. The van der Waals surface area contributed by atoms with Gasteiger partial charge >= 0.3 is 0 Å². The third kappa shape index (κ3) is 3.60. The van der Waals surface area contributed by atoms with Crippen LogP contribution in [0.5, 0.6) is 0 Å². The number of carbonyl (C=O) groups is 3. The van der Waals surface area contributed by atoms with Crippen LogP contribution in [0.15, 0.2) is 35.6 Å². The topological polar surface area (TPSA) is 132 Å². The maximum absolute atomic E-state index is 14.2. The first-order valence-corrected chi connectivity index (χ1v) is 13.2. The number of hydrogen-bond acceptors (Lipinski definition) is 7. The molecule has 4 N–H and O–H groups in total. The van der Waals surface area contributed by atoms with Crippen LogP contribution in [0, 0.1) is 39.4 Å². The van der Waals surface area contributed by atoms with E-state index < -0.39 is 56.6 Å². The molecule has 0 aliphatic heterocycles. The maximum Gasteiger partial charge on any atom is 0.206 e. The highest BCUT2D eigenvalue weighted by Crippen LogP contribution is 2.73. The Kier molecular flexibility index (Phi) is 6.01. The van der Waals surface area contributed by atoms with Gasteiger partial charge in [0, 0.05) is 23.7 Å². The van der Waals surface area contributed by atoms with Crippen molar-refractivity contribution in [1.29, 1.82) is 0 Å². The molecule has 8 atom stereocenters. The van der Waals surface area contributed by atoms with E-state index in [2.05, 4.69) is 0 Å². The van der Waals surface area contributed by atoms with Gasteiger partial charge in [-0.05, 0) is 76.4 Å². The summed E-state index contributed by atoms with van der Waals surface area (Å²) in [5, 5.41) is 43.6. The standard InChI is InChI=1S/C30H42O7/c1-25(2,36)12-11-21(33)30(8,37)23-19(32)14-27(5)20-10-9-16-17(13-18(31)24(35)26(16,3)4)29(20,7)22(34)15-28(23,27)6/h9,11-13,17,19-20,23,31-32,36-37H,10,14-15H2,1-8H3/b12-11+/t17-,19?,20+,23+,27+,28-,29+,30?/m1/s1. The first kappa shape index (κ1) is 27.9. The highest BCUT2D eigenvalue weighted by atomic mass is 16.3. The van der Waals surface area contributed by atoms with E-state index in [0.717, 1.165) is 11.6 Å². The second-order valence-electron chi connectivity index (χ2n) is 13.9. The number of carbonyl (C=O) groups excluding carboxylic acids is 3. The first-order chi connectivity index (χ1) is 16.7. The zero-order chi connectivity index (χ0) is 28.1. The van der Waals surface area contributed by atoms with Crippen molar-refractivity contribution < 1.29 is 34.8 Å². The predicted molar refractivity (Wildman–Crippen MR) is 138 cm³/mol. The minimum atomic E-state index is -1.96. The van der Waals surface area contributed by atoms with Gasteiger partial charge < -0.3 is 20.4 Å². The van der Waals surface area contributed by atoms with E-state index in [1.54, 1.807) is 13.8 Å². The molecule has 0 saturated heterocycles. The van der Waals surface area contributed by atoms with Gasteiger partial charge in [0.1, 0.15) is 11.4 Å². The Morgan fingerprint density at radius 3 is 2.22 bits per heavy atom. The number of allylic oxidation sites excluding steroid dienone is 4. The summed E-state index contributed by atoms with van der Waals surface area (Å²) in [5.74, 6) is -2.98. The lowest BCUT2D eigenvalue weighted by Gasteiger charge is -2.63. The van der Waals surface area contributed by atoms with Gasteiger partial charge in [0.2, 0.25) is 5.78 Å². The van der Waals surface area contributed by atoms with E-state index >= 15 is 0 Å². The highest BCUT2D eigenvalue weighted by molar-refractivity contribution is 6.02. The summed E-state index contributed by atoms with van der Waals surface area (Å²) >= 11 is 0. The van der Waals surface area contributed by atoms with Crippen molar-refractivity contribution in [1.82, 2.24) is 0 Å². The molecular weight excluding hydrogens is 472 g/mol. The minimum absolute atomic E-state index is 0.0453. The third-order valence-electron chi connectivity index (χ3n) is 10.8. The Balaban J connectivity index is 1.82. The van der Waals surface area contributed by atoms with E-state index in [1.807, 2.05) is 26.8 Å². The van der Waals surface area contributed by atoms with E-state index in [1.165, 1.54) is 32.9 Å². The Bertz CT molecular complexity index is 1150. The molecule has 204 valence electrons. The van der Waals surface area contributed by atoms with Crippen LogP contribution in [-0.4, -0.2) is 55.1 Å². The summed E-state index contributed by atoms with van der Waals surface area (Å²) in [6.45, 7) is 13.8. The summed E-state index contributed by atoms with van der Waals surface area (Å²) < 4.78 is 0. The fourth-order valence-corrected chi connectivity index (χ4v) is 8.58. The highest BCUT2D eigenvalue weighted by Gasteiger charge is 2.74. The second kappa shape index (κ2) is 7.96. The number of aliphatic hydroxyl groups is 4. The zero-order valence-corrected chi connectivity index (χ0v) is 23.3. The Labute approximate surface area is 219 Å². The second-order valence-corrected chi connectivity index (χ2v) is 13.9. The van der Waals surface area contributed by atoms with Crippen molar-refractivity contribution in [2.24, 2.45) is 39.4 Å². The lowest BCUT2D eigenvalue weighted by molar-refractivity contribution is -0.179. The van der Waals surface area contributed by atoms with Crippen LogP contribution in [0.25, 0.3) is 0 Å². The van der Waals surface area contributed by atoms with Crippen LogP contribution in [0.4, 0.5) is 0 Å². The molecule has 4 aliphatic rings. The van der Waals surface area contributed by atoms with Gasteiger partial charge in [0.25, 0.3) is 0 Å². The summed E-state index contributed by atoms with van der Waals surface area (Å²) in [5.41, 5.74) is -5.75. The number of Topliss-reactive ketones (excluding diaryl/α,β-unsaturated/α-hetero) is 2. The zero-order valence-electron chi connectivity index (χ0n) is 23.3. The van der Waals surface area contributed by atoms with E-state index in [4.69, 9.17) is 0 Å². The molecule has 0 spiro atoms. The molecule has 7 nitrogen and oxygen atoms in total. The molecule has 37 heavy (non-hydrogen) atoms. The van der Waals surface area contributed by atoms with Crippen molar-refractivity contribution in [2.45, 2.75) is 92.0 Å². The lowest BCUT2D eigenvalue weighted by atomic mass is 9.39. The Hall–Kier alpha value is -2.09. The SMILES string of the molecule is CC(C)(O)/C=C/C(=O)C(C)(O)[C@H]1C(O)C[C@@]2(C)[C@@H]3CC=C4[C@@H](C=C(O)C(=O)C4(C)C)[C@]3(C)C(=O)C[C@]12C. The van der Waals surface area contributed by atoms with Crippen molar-refractivity contribution >= 4 is 17.3 Å². The smallest absolute Gasteiger partial charge is 0.206 e. The molecule has 4 aliphatic carbocycles. The molecule has 2 fully saturated rings. The Morgan fingerprint density at radius 1 is 1.05 bits per heavy atom. The molecule has 0 aromatic rings. The molecule has 4 rings (SSSR count). The third-order valence-corrected chi connectivity index (χ3v) is 10.8. The largest absolute Gasteiger partial charge is 0.505 e. The van der Waals surface area contributed by atoms with Crippen molar-refractivity contribution in [3.8, 4) is 0 Å². The van der Waals surface area contributed by atoms with Gasteiger partial charge in [-0.3, -0.25) is 14.4 Å². The van der Waals surface area contributed by atoms with Crippen LogP contribution in [0.1, 0.15) is 74.7 Å². The van der Waals surface area contributed by atoms with E-state index in [-0.39, 0.29) is 29.7 Å². The fourth-order valence-electron chi connectivity index (χ4n) is 8.58. The van der Waals surface area contributed by atoms with Gasteiger partial charge in [0.15, 0.2) is 11.5 Å². The van der Waals surface area contributed by atoms with E-state index in [9.17, 15) is 34.8 Å². The molecule has 7 heteroatoms. The normalized spacial score (nSPS) is 42.9. The van der Waals surface area contributed by atoms with Gasteiger partial charge in [0.05, 0.1) is 17.1 Å². The van der Waals surface area contributed by atoms with Crippen LogP contribution in [0.2, 0.25) is 0 Å². The quantitative estimate of drug-likeness (QED) is 0.333. The summed E-state index contributed by atoms with van der Waals surface area (Å²) in [7, 11) is 0. The Morgan fingerprint density at radius 2 is 1.65 bits per heavy atom. The van der Waals surface area contributed by atoms with Crippen LogP contribution in [0.3, 0.4) is 0 Å². The fraction of sp³-hybridized carbons (Fsp3) is 0.700. The first-order valence-electron chi connectivity index (χ1n) is 13.2. The number of fused-ring (bicyclic) bond motifs is 5. The number of hydrogen-bond donors (Lipinski definition) is 4. The minimum Gasteiger partial charge on any atom is -0.505 e. The lowest BCUT2D eigenvalue weighted by Crippen LogP contribution is -2.64. The van der Waals surface area contributed by atoms with E-state index in [0.29, 0.717) is 12.8 Å². The number of ketones is 3. The maximum atomic E-state index is 14.2. The van der Waals surface area contributed by atoms with Gasteiger partial charge in [-0.15, -0.1) is 0 Å². The van der Waals surface area contributed by atoms with Crippen LogP contribution >= 0.6 is 0 Å². The molecule has 0 bridgehead atoms. The van der Waals surface area contributed by atoms with Crippen LogP contribution in [-0.2, 0) is 14.4 Å². The van der Waals surface area contributed by atoms with Gasteiger partial charge in [-0.2, -0.15) is 0 Å². The van der Waals surface area contributed by atoms with Crippen molar-refractivity contribution in [3.63, 3.8) is 0 Å². The molecule has 0 aromatic carbocycles. The summed E-state index contributed by atoms with van der Waals surface area (Å²) in [4.78, 5) is 40.1. The molecule has 0 amide bonds.